The number of carboxylic acid groups (broad SMARTS) is 1. The van der Waals surface area contributed by atoms with Gasteiger partial charge in [-0.3, -0.25) is 0 Å². The van der Waals surface area contributed by atoms with E-state index < -0.39 is 5.97 Å². The number of aliphatic hydroxyl groups excluding tert-OH is 1. The lowest BCUT2D eigenvalue weighted by atomic mass is 10.0. The normalized spacial score (nSPS) is 15.2. The van der Waals surface area contributed by atoms with E-state index in [1.165, 1.54) is 5.57 Å². The average molecular weight is 256 g/mol. The summed E-state index contributed by atoms with van der Waals surface area (Å²) in [6.45, 7) is 0. The molecule has 0 unspecified atom stereocenters. The van der Waals surface area contributed by atoms with Crippen molar-refractivity contribution >= 4 is 5.97 Å². The van der Waals surface area contributed by atoms with Crippen LogP contribution in [0.2, 0.25) is 0 Å². The van der Waals surface area contributed by atoms with Gasteiger partial charge in [-0.05, 0) is 42.2 Å². The van der Waals surface area contributed by atoms with Crippen LogP contribution in [-0.4, -0.2) is 16.2 Å². The first-order valence-electron chi connectivity index (χ1n) is 6.22. The molecule has 0 saturated carbocycles. The summed E-state index contributed by atoms with van der Waals surface area (Å²) in [4.78, 5) is 10.7. The summed E-state index contributed by atoms with van der Waals surface area (Å²) in [6, 6.07) is 6.89. The van der Waals surface area contributed by atoms with Gasteiger partial charge in [0.05, 0.1) is 11.3 Å². The van der Waals surface area contributed by atoms with Crippen LogP contribution in [0.25, 0.3) is 0 Å². The Morgan fingerprint density at radius 3 is 2.47 bits per heavy atom. The molecule has 98 valence electrons. The Hall–Kier alpha value is -2.29. The highest BCUT2D eigenvalue weighted by atomic mass is 16.4. The molecule has 0 heterocycles. The molecule has 1 aromatic rings. The molecule has 0 amide bonds. The number of rotatable bonds is 4. The zero-order chi connectivity index (χ0) is 13.7. The monoisotopic (exact) mass is 256 g/mol. The summed E-state index contributed by atoms with van der Waals surface area (Å²) >= 11 is 0. The van der Waals surface area contributed by atoms with Gasteiger partial charge in [-0.2, -0.15) is 0 Å². The molecule has 0 bridgehead atoms. The smallest absolute Gasteiger partial charge is 0.335 e. The quantitative estimate of drug-likeness (QED) is 0.864. The van der Waals surface area contributed by atoms with Gasteiger partial charge in [-0.15, -0.1) is 0 Å². The minimum atomic E-state index is -0.902. The van der Waals surface area contributed by atoms with Crippen LogP contribution in [-0.2, 0) is 6.42 Å². The molecular formula is C16H16O3. The lowest BCUT2D eigenvalue weighted by molar-refractivity contribution is 0.0697. The van der Waals surface area contributed by atoms with E-state index in [9.17, 15) is 9.90 Å². The molecule has 0 aromatic heterocycles. The first-order valence-corrected chi connectivity index (χ1v) is 6.22. The number of aliphatic hydroxyl groups is 1. The van der Waals surface area contributed by atoms with Crippen molar-refractivity contribution in [3.8, 4) is 0 Å². The van der Waals surface area contributed by atoms with Crippen LogP contribution in [0.5, 0.6) is 0 Å². The van der Waals surface area contributed by atoms with Gasteiger partial charge in [0.15, 0.2) is 0 Å². The van der Waals surface area contributed by atoms with E-state index in [2.05, 4.69) is 6.08 Å². The van der Waals surface area contributed by atoms with Crippen LogP contribution in [0.3, 0.4) is 0 Å². The zero-order valence-corrected chi connectivity index (χ0v) is 10.5. The third-order valence-corrected chi connectivity index (χ3v) is 3.05. The van der Waals surface area contributed by atoms with Gasteiger partial charge in [0, 0.05) is 6.42 Å². The SMILES string of the molecule is O=C(O)c1ccc(C/C=C/C2=CC=C(O)CC2)cc1. The Bertz CT molecular complexity index is 548. The fourth-order valence-corrected chi connectivity index (χ4v) is 1.91. The third kappa shape index (κ3) is 3.85. The predicted octanol–water partition coefficient (Wildman–Crippen LogP) is 3.65. The number of hydrogen-bond acceptors (Lipinski definition) is 2. The van der Waals surface area contributed by atoms with Crippen molar-refractivity contribution < 1.29 is 15.0 Å². The highest BCUT2D eigenvalue weighted by molar-refractivity contribution is 5.87. The maximum Gasteiger partial charge on any atom is 0.335 e. The molecule has 0 fully saturated rings. The van der Waals surface area contributed by atoms with E-state index in [0.717, 1.165) is 18.4 Å². The molecule has 0 saturated heterocycles. The fourth-order valence-electron chi connectivity index (χ4n) is 1.91. The van der Waals surface area contributed by atoms with Crippen LogP contribution >= 0.6 is 0 Å². The molecular weight excluding hydrogens is 240 g/mol. The van der Waals surface area contributed by atoms with Gasteiger partial charge in [0.1, 0.15) is 0 Å². The first-order chi connectivity index (χ1) is 9.15. The molecule has 0 atom stereocenters. The second kappa shape index (κ2) is 6.05. The Morgan fingerprint density at radius 2 is 1.89 bits per heavy atom. The summed E-state index contributed by atoms with van der Waals surface area (Å²) in [6.07, 6.45) is 10.1. The Morgan fingerprint density at radius 1 is 1.16 bits per heavy atom. The highest BCUT2D eigenvalue weighted by Crippen LogP contribution is 2.17. The molecule has 1 aliphatic rings. The van der Waals surface area contributed by atoms with Crippen LogP contribution in [0, 0.1) is 0 Å². The molecule has 0 radical (unpaired) electrons. The van der Waals surface area contributed by atoms with Gasteiger partial charge >= 0.3 is 5.97 Å². The van der Waals surface area contributed by atoms with Crippen molar-refractivity contribution in [3.63, 3.8) is 0 Å². The molecule has 0 aliphatic heterocycles. The van der Waals surface area contributed by atoms with E-state index in [0.29, 0.717) is 17.7 Å². The minimum absolute atomic E-state index is 0.309. The van der Waals surface area contributed by atoms with E-state index in [1.807, 2.05) is 24.3 Å². The molecule has 2 rings (SSSR count). The van der Waals surface area contributed by atoms with Crippen LogP contribution in [0.4, 0.5) is 0 Å². The molecule has 19 heavy (non-hydrogen) atoms. The molecule has 3 nitrogen and oxygen atoms in total. The second-order valence-corrected chi connectivity index (χ2v) is 4.51. The van der Waals surface area contributed by atoms with Gasteiger partial charge in [-0.25, -0.2) is 4.79 Å². The van der Waals surface area contributed by atoms with E-state index >= 15 is 0 Å². The number of carbonyl (C=O) groups is 1. The maximum absolute atomic E-state index is 10.7. The lowest BCUT2D eigenvalue weighted by Gasteiger charge is -2.06. The standard InChI is InChI=1S/C16H16O3/c17-15-10-6-13(7-11-15)3-1-2-12-4-8-14(9-5-12)16(18)19/h1,3-6,8-10,17H,2,7,11H2,(H,18,19)/b3-1+. The molecule has 2 N–H and O–H groups in total. The van der Waals surface area contributed by atoms with Crippen LogP contribution in [0.1, 0.15) is 28.8 Å². The van der Waals surface area contributed by atoms with E-state index in [-0.39, 0.29) is 0 Å². The lowest BCUT2D eigenvalue weighted by Crippen LogP contribution is -1.95. The summed E-state index contributed by atoms with van der Waals surface area (Å²) in [5.41, 5.74) is 2.58. The summed E-state index contributed by atoms with van der Waals surface area (Å²) in [7, 11) is 0. The minimum Gasteiger partial charge on any atom is -0.512 e. The average Bonchev–Trinajstić information content (AvgIpc) is 2.41. The summed E-state index contributed by atoms with van der Waals surface area (Å²) < 4.78 is 0. The maximum atomic E-state index is 10.7. The summed E-state index contributed by atoms with van der Waals surface area (Å²) in [5, 5.41) is 18.0. The summed E-state index contributed by atoms with van der Waals surface area (Å²) in [5.74, 6) is -0.470. The fraction of sp³-hybridized carbons (Fsp3) is 0.188. The van der Waals surface area contributed by atoms with Crippen molar-refractivity contribution in [3.05, 3.63) is 71.0 Å². The van der Waals surface area contributed by atoms with Gasteiger partial charge in [-0.1, -0.05) is 30.4 Å². The van der Waals surface area contributed by atoms with Crippen molar-refractivity contribution in [1.29, 1.82) is 0 Å². The largest absolute Gasteiger partial charge is 0.512 e. The van der Waals surface area contributed by atoms with Crippen molar-refractivity contribution in [1.82, 2.24) is 0 Å². The number of carboxylic acids is 1. The van der Waals surface area contributed by atoms with Crippen LogP contribution < -0.4 is 0 Å². The number of aromatic carboxylic acids is 1. The number of benzene rings is 1. The third-order valence-electron chi connectivity index (χ3n) is 3.05. The Balaban J connectivity index is 1.93. The first kappa shape index (κ1) is 13.1. The zero-order valence-electron chi connectivity index (χ0n) is 10.5. The number of hydrogen-bond donors (Lipinski definition) is 2. The van der Waals surface area contributed by atoms with E-state index in [1.54, 1.807) is 18.2 Å². The van der Waals surface area contributed by atoms with Gasteiger partial charge in [0.25, 0.3) is 0 Å². The van der Waals surface area contributed by atoms with Crippen molar-refractivity contribution in [2.45, 2.75) is 19.3 Å². The van der Waals surface area contributed by atoms with Crippen molar-refractivity contribution in [2.24, 2.45) is 0 Å². The molecule has 1 aromatic carbocycles. The molecule has 1 aliphatic carbocycles. The Labute approximate surface area is 112 Å². The van der Waals surface area contributed by atoms with Gasteiger partial charge < -0.3 is 10.2 Å². The predicted molar refractivity (Wildman–Crippen MR) is 74.3 cm³/mol. The second-order valence-electron chi connectivity index (χ2n) is 4.51. The number of allylic oxidation sites excluding steroid dienone is 6. The van der Waals surface area contributed by atoms with E-state index in [4.69, 9.17) is 5.11 Å². The highest BCUT2D eigenvalue weighted by Gasteiger charge is 2.02. The van der Waals surface area contributed by atoms with Crippen molar-refractivity contribution in [2.75, 3.05) is 0 Å². The Kier molecular flexibility index (Phi) is 4.18. The van der Waals surface area contributed by atoms with Gasteiger partial charge in [0.2, 0.25) is 0 Å². The molecule has 3 heteroatoms. The van der Waals surface area contributed by atoms with Crippen LogP contribution in [0.15, 0.2) is 59.9 Å². The topological polar surface area (TPSA) is 57.5 Å². The molecule has 0 spiro atoms.